The number of carbonyl (C=O) groups is 2. The molecule has 0 aliphatic rings. The number of benzene rings is 2. The highest BCUT2D eigenvalue weighted by Gasteiger charge is 2.16. The van der Waals surface area contributed by atoms with Crippen LogP contribution in [0.5, 0.6) is 5.75 Å². The van der Waals surface area contributed by atoms with Gasteiger partial charge in [-0.3, -0.25) is 9.59 Å². The molecule has 0 aromatic heterocycles. The Bertz CT molecular complexity index is 1040. The smallest absolute Gasteiger partial charge is 0.307 e. The molecular formula is C19H20Cl2N2O6S. The molecule has 2 aromatic rings. The van der Waals surface area contributed by atoms with E-state index in [1.165, 1.54) is 25.3 Å². The van der Waals surface area contributed by atoms with E-state index >= 15 is 0 Å². The van der Waals surface area contributed by atoms with Crippen molar-refractivity contribution in [1.82, 2.24) is 4.72 Å². The fourth-order valence-corrected chi connectivity index (χ4v) is 3.83. The molecule has 0 bridgehead atoms. The molecule has 0 fully saturated rings. The zero-order valence-electron chi connectivity index (χ0n) is 16.2. The van der Waals surface area contributed by atoms with Gasteiger partial charge in [-0.1, -0.05) is 29.3 Å². The molecule has 11 heteroatoms. The quantitative estimate of drug-likeness (QED) is 0.539. The number of nitrogens with one attached hydrogen (secondary N) is 2. The van der Waals surface area contributed by atoms with Crippen molar-refractivity contribution in [3.63, 3.8) is 0 Å². The fraction of sp³-hybridized carbons (Fsp3) is 0.263. The van der Waals surface area contributed by atoms with Gasteiger partial charge in [0.05, 0.1) is 24.1 Å². The number of sulfonamides is 1. The summed E-state index contributed by atoms with van der Waals surface area (Å²) in [5, 5.41) is 3.32. The average molecular weight is 475 g/mol. The topological polar surface area (TPSA) is 111 Å². The summed E-state index contributed by atoms with van der Waals surface area (Å²) in [7, 11) is -2.38. The van der Waals surface area contributed by atoms with E-state index in [2.05, 4.69) is 10.0 Å². The lowest BCUT2D eigenvalue weighted by Crippen LogP contribution is -2.28. The standard InChI is InChI=1S/C19H20Cl2N2O6S/c1-12-8-16(17(28-2)10-15(12)21)23-18(24)11-29-19(25)6-7-22-30(26,27)14-5-3-4-13(20)9-14/h3-5,8-10,22H,6-7,11H2,1-2H3,(H,23,24). The molecule has 0 radical (unpaired) electrons. The van der Waals surface area contributed by atoms with Crippen LogP contribution >= 0.6 is 23.2 Å². The number of hydrogen-bond donors (Lipinski definition) is 2. The first-order valence-corrected chi connectivity index (χ1v) is 10.9. The van der Waals surface area contributed by atoms with Crippen molar-refractivity contribution in [2.45, 2.75) is 18.2 Å². The van der Waals surface area contributed by atoms with Gasteiger partial charge in [0.25, 0.3) is 5.91 Å². The monoisotopic (exact) mass is 474 g/mol. The van der Waals surface area contributed by atoms with Gasteiger partial charge in [0.15, 0.2) is 6.61 Å². The molecule has 0 saturated heterocycles. The van der Waals surface area contributed by atoms with Crippen LogP contribution in [0.15, 0.2) is 41.3 Å². The van der Waals surface area contributed by atoms with Crippen LogP contribution in [0.25, 0.3) is 0 Å². The van der Waals surface area contributed by atoms with Crippen LogP contribution < -0.4 is 14.8 Å². The minimum atomic E-state index is -3.81. The number of rotatable bonds is 9. The molecule has 0 heterocycles. The van der Waals surface area contributed by atoms with Gasteiger partial charge in [-0.25, -0.2) is 13.1 Å². The number of amides is 1. The van der Waals surface area contributed by atoms with Crippen molar-refractivity contribution in [2.24, 2.45) is 0 Å². The SMILES string of the molecule is COc1cc(Cl)c(C)cc1NC(=O)COC(=O)CCNS(=O)(=O)c1cccc(Cl)c1. The molecule has 8 nitrogen and oxygen atoms in total. The Morgan fingerprint density at radius 1 is 1.13 bits per heavy atom. The normalized spacial score (nSPS) is 11.1. The third-order valence-electron chi connectivity index (χ3n) is 3.85. The highest BCUT2D eigenvalue weighted by atomic mass is 35.5. The van der Waals surface area contributed by atoms with Crippen LogP contribution in [0.2, 0.25) is 10.0 Å². The van der Waals surface area contributed by atoms with Crippen LogP contribution in [0.3, 0.4) is 0 Å². The number of halogens is 2. The second-order valence-corrected chi connectivity index (χ2v) is 8.73. The molecular weight excluding hydrogens is 455 g/mol. The van der Waals surface area contributed by atoms with Crippen LogP contribution in [0.4, 0.5) is 5.69 Å². The lowest BCUT2D eigenvalue weighted by molar-refractivity contribution is -0.147. The van der Waals surface area contributed by atoms with E-state index in [0.717, 1.165) is 5.56 Å². The van der Waals surface area contributed by atoms with E-state index in [1.54, 1.807) is 25.1 Å². The van der Waals surface area contributed by atoms with Crippen LogP contribution in [0.1, 0.15) is 12.0 Å². The van der Waals surface area contributed by atoms with Crippen molar-refractivity contribution in [3.05, 3.63) is 52.0 Å². The minimum absolute atomic E-state index is 0.0186. The Labute approximate surface area is 184 Å². The van der Waals surface area contributed by atoms with E-state index < -0.39 is 28.5 Å². The number of methoxy groups -OCH3 is 1. The van der Waals surface area contributed by atoms with Gasteiger partial charge in [-0.05, 0) is 36.8 Å². The summed E-state index contributed by atoms with van der Waals surface area (Å²) in [4.78, 5) is 23.8. The van der Waals surface area contributed by atoms with E-state index in [9.17, 15) is 18.0 Å². The molecule has 1 amide bonds. The van der Waals surface area contributed by atoms with Gasteiger partial charge in [0.1, 0.15) is 5.75 Å². The Balaban J connectivity index is 1.81. The van der Waals surface area contributed by atoms with Crippen molar-refractivity contribution in [1.29, 1.82) is 0 Å². The van der Waals surface area contributed by atoms with E-state index in [1.807, 2.05) is 0 Å². The largest absolute Gasteiger partial charge is 0.495 e. The Morgan fingerprint density at radius 3 is 2.53 bits per heavy atom. The first-order valence-electron chi connectivity index (χ1n) is 8.67. The van der Waals surface area contributed by atoms with Crippen LogP contribution in [-0.2, 0) is 24.3 Å². The highest BCUT2D eigenvalue weighted by Crippen LogP contribution is 2.30. The molecule has 0 unspecified atom stereocenters. The summed E-state index contributed by atoms with van der Waals surface area (Å²) in [5.41, 5.74) is 1.12. The number of ether oxygens (including phenoxy) is 2. The predicted octanol–water partition coefficient (Wildman–Crippen LogP) is 3.16. The summed E-state index contributed by atoms with van der Waals surface area (Å²) in [5.74, 6) is -0.957. The Kier molecular flexibility index (Phi) is 8.48. The highest BCUT2D eigenvalue weighted by molar-refractivity contribution is 7.89. The number of carbonyl (C=O) groups excluding carboxylic acids is 2. The minimum Gasteiger partial charge on any atom is -0.495 e. The molecule has 0 saturated carbocycles. The van der Waals surface area contributed by atoms with Crippen molar-refractivity contribution in [2.75, 3.05) is 25.6 Å². The molecule has 30 heavy (non-hydrogen) atoms. The number of anilines is 1. The van der Waals surface area contributed by atoms with Gasteiger partial charge in [-0.2, -0.15) is 0 Å². The second kappa shape index (κ2) is 10.6. The third-order valence-corrected chi connectivity index (χ3v) is 5.95. The summed E-state index contributed by atoms with van der Waals surface area (Å²) in [6, 6.07) is 8.91. The molecule has 2 rings (SSSR count). The molecule has 2 aromatic carbocycles. The van der Waals surface area contributed by atoms with Crippen molar-refractivity contribution < 1.29 is 27.5 Å². The van der Waals surface area contributed by atoms with E-state index in [4.69, 9.17) is 32.7 Å². The molecule has 0 spiro atoms. The van der Waals surface area contributed by atoms with Gasteiger partial charge < -0.3 is 14.8 Å². The number of hydrogen-bond acceptors (Lipinski definition) is 6. The third kappa shape index (κ3) is 6.88. The summed E-state index contributed by atoms with van der Waals surface area (Å²) in [6.07, 6.45) is -0.254. The van der Waals surface area contributed by atoms with E-state index in [-0.39, 0.29) is 22.9 Å². The van der Waals surface area contributed by atoms with Crippen LogP contribution in [-0.4, -0.2) is 40.6 Å². The summed E-state index contributed by atoms with van der Waals surface area (Å²) in [6.45, 7) is 1.03. The van der Waals surface area contributed by atoms with E-state index in [0.29, 0.717) is 16.5 Å². The first-order chi connectivity index (χ1) is 14.1. The zero-order chi connectivity index (χ0) is 22.3. The number of esters is 1. The Morgan fingerprint density at radius 2 is 1.87 bits per heavy atom. The van der Waals surface area contributed by atoms with Gasteiger partial charge in [0.2, 0.25) is 10.0 Å². The van der Waals surface area contributed by atoms with Gasteiger partial charge >= 0.3 is 5.97 Å². The fourth-order valence-electron chi connectivity index (χ4n) is 2.34. The summed E-state index contributed by atoms with van der Waals surface area (Å²) >= 11 is 11.8. The number of aryl methyl sites for hydroxylation is 1. The molecule has 0 aliphatic heterocycles. The second-order valence-electron chi connectivity index (χ2n) is 6.12. The Hall–Kier alpha value is -2.33. The maximum absolute atomic E-state index is 12.1. The first kappa shape index (κ1) is 23.9. The van der Waals surface area contributed by atoms with Crippen molar-refractivity contribution in [3.8, 4) is 5.75 Å². The lowest BCUT2D eigenvalue weighted by atomic mass is 10.2. The zero-order valence-corrected chi connectivity index (χ0v) is 18.5. The molecule has 0 aliphatic carbocycles. The maximum atomic E-state index is 12.1. The van der Waals surface area contributed by atoms with Crippen LogP contribution in [0, 0.1) is 6.92 Å². The molecule has 162 valence electrons. The molecule has 2 N–H and O–H groups in total. The van der Waals surface area contributed by atoms with Gasteiger partial charge in [0, 0.05) is 22.7 Å². The van der Waals surface area contributed by atoms with Crippen molar-refractivity contribution >= 4 is 50.8 Å². The summed E-state index contributed by atoms with van der Waals surface area (Å²) < 4.78 is 36.6. The van der Waals surface area contributed by atoms with Gasteiger partial charge in [-0.15, -0.1) is 0 Å². The lowest BCUT2D eigenvalue weighted by Gasteiger charge is -2.12. The predicted molar refractivity (Wildman–Crippen MR) is 114 cm³/mol. The molecule has 0 atom stereocenters. The maximum Gasteiger partial charge on any atom is 0.307 e. The average Bonchev–Trinajstić information content (AvgIpc) is 2.69.